The van der Waals surface area contributed by atoms with E-state index in [4.69, 9.17) is 4.74 Å². The van der Waals surface area contributed by atoms with E-state index in [1.54, 1.807) is 4.90 Å². The molecule has 0 aliphatic carbocycles. The third kappa shape index (κ3) is 5.66. The normalized spacial score (nSPS) is 24.8. The molecule has 2 unspecified atom stereocenters. The van der Waals surface area contributed by atoms with Crippen molar-refractivity contribution in [1.29, 1.82) is 0 Å². The summed E-state index contributed by atoms with van der Waals surface area (Å²) >= 11 is 0. The third-order valence-corrected chi connectivity index (χ3v) is 9.13. The first-order chi connectivity index (χ1) is 17.9. The highest BCUT2D eigenvalue weighted by molar-refractivity contribution is 5.93. The number of aryl methyl sites for hydroxylation is 1. The first kappa shape index (κ1) is 26.1. The van der Waals surface area contributed by atoms with E-state index in [0.29, 0.717) is 19.1 Å². The summed E-state index contributed by atoms with van der Waals surface area (Å²) in [5.74, 6) is 6.73. The number of ether oxygens (including phenoxy) is 1. The number of carbonyl (C=O) groups is 2. The Kier molecular flexibility index (Phi) is 7.78. The predicted molar refractivity (Wildman–Crippen MR) is 146 cm³/mol. The molecule has 0 aromatic heterocycles. The molecule has 200 valence electrons. The lowest BCUT2D eigenvalue weighted by Crippen LogP contribution is -2.62. The molecule has 4 saturated heterocycles. The Bertz CT molecular complexity index is 1060. The van der Waals surface area contributed by atoms with Gasteiger partial charge in [-0.1, -0.05) is 24.8 Å². The van der Waals surface area contributed by atoms with Gasteiger partial charge in [-0.05, 0) is 82.8 Å². The van der Waals surface area contributed by atoms with Gasteiger partial charge in [0.15, 0.2) is 0 Å². The molecule has 1 aromatic rings. The van der Waals surface area contributed by atoms with Crippen LogP contribution in [0.1, 0.15) is 63.0 Å². The summed E-state index contributed by atoms with van der Waals surface area (Å²) in [4.78, 5) is 33.3. The van der Waals surface area contributed by atoms with Gasteiger partial charge >= 0.3 is 6.09 Å². The lowest BCUT2D eigenvalue weighted by Gasteiger charge is -2.53. The molecule has 2 atom stereocenters. The van der Waals surface area contributed by atoms with Crippen LogP contribution in [-0.2, 0) is 9.53 Å². The van der Waals surface area contributed by atoms with E-state index >= 15 is 0 Å². The van der Waals surface area contributed by atoms with Crippen LogP contribution in [0, 0.1) is 24.2 Å². The summed E-state index contributed by atoms with van der Waals surface area (Å²) in [5.41, 5.74) is 3.21. The molecule has 0 saturated carbocycles. The highest BCUT2D eigenvalue weighted by Crippen LogP contribution is 2.41. The average molecular weight is 507 g/mol. The molecule has 0 radical (unpaired) electrons. The zero-order valence-electron chi connectivity index (χ0n) is 22.8. The number of benzene rings is 1. The Labute approximate surface area is 222 Å². The van der Waals surface area contributed by atoms with Crippen molar-refractivity contribution in [1.82, 2.24) is 14.7 Å². The molecule has 1 aromatic carbocycles. The van der Waals surface area contributed by atoms with Gasteiger partial charge in [0, 0.05) is 55.3 Å². The summed E-state index contributed by atoms with van der Waals surface area (Å²) in [6.07, 6.45) is 7.61. The van der Waals surface area contributed by atoms with Crippen molar-refractivity contribution < 1.29 is 14.3 Å². The number of amides is 2. The fourth-order valence-corrected chi connectivity index (χ4v) is 6.70. The van der Waals surface area contributed by atoms with Gasteiger partial charge in [-0.25, -0.2) is 4.79 Å². The number of carbonyl (C=O) groups excluding carboxylic acids is 2. The molecule has 4 fully saturated rings. The molecule has 4 heterocycles. The molecule has 1 spiro atoms. The standard InChI is InChI=1S/C30H42N4O3/c1-4-28(35)31(3)27-19-24(10-9-23(27)2)7-5-15-32-17-13-30(14-18-32)21-33(22-30)29(36)37-20-26-12-11-25-8-6-16-34(25)26/h9-10,19,25-26H,4,6,8,11-18,20-22H2,1-3H3. The number of rotatable bonds is 5. The second-order valence-corrected chi connectivity index (χ2v) is 11.6. The van der Waals surface area contributed by atoms with Gasteiger partial charge in [0.2, 0.25) is 5.91 Å². The Balaban J connectivity index is 1.04. The average Bonchev–Trinajstić information content (AvgIpc) is 3.51. The van der Waals surface area contributed by atoms with Crippen molar-refractivity contribution in [2.75, 3.05) is 57.8 Å². The molecule has 0 N–H and O–H groups in total. The number of likely N-dealkylation sites (tertiary alicyclic amines) is 2. The van der Waals surface area contributed by atoms with Gasteiger partial charge in [0.1, 0.15) is 6.61 Å². The SMILES string of the molecule is CCC(=O)N(C)c1cc(C#CCN2CCC3(CC2)CN(C(=O)OCC2CCC4CCCN42)C3)ccc1C. The van der Waals surface area contributed by atoms with E-state index < -0.39 is 0 Å². The van der Waals surface area contributed by atoms with Crippen molar-refractivity contribution in [2.24, 2.45) is 5.41 Å². The Morgan fingerprint density at radius 2 is 1.92 bits per heavy atom. The van der Waals surface area contributed by atoms with E-state index in [0.717, 1.165) is 68.4 Å². The molecular weight excluding hydrogens is 464 g/mol. The van der Waals surface area contributed by atoms with Gasteiger partial charge in [0.05, 0.1) is 6.54 Å². The molecule has 0 bridgehead atoms. The smallest absolute Gasteiger partial charge is 0.409 e. The lowest BCUT2D eigenvalue weighted by molar-refractivity contribution is -0.118. The first-order valence-electron chi connectivity index (χ1n) is 14.1. The summed E-state index contributed by atoms with van der Waals surface area (Å²) in [7, 11) is 1.83. The van der Waals surface area contributed by atoms with Gasteiger partial charge in [-0.3, -0.25) is 14.6 Å². The first-order valence-corrected chi connectivity index (χ1v) is 14.1. The minimum Gasteiger partial charge on any atom is -0.448 e. The molecule has 37 heavy (non-hydrogen) atoms. The topological polar surface area (TPSA) is 56.3 Å². The van der Waals surface area contributed by atoms with Gasteiger partial charge in [-0.15, -0.1) is 0 Å². The molecule has 7 heteroatoms. The van der Waals surface area contributed by atoms with Crippen LogP contribution in [0.3, 0.4) is 0 Å². The highest BCUT2D eigenvalue weighted by atomic mass is 16.6. The molecule has 7 nitrogen and oxygen atoms in total. The summed E-state index contributed by atoms with van der Waals surface area (Å²) in [5, 5.41) is 0. The Hall–Kier alpha value is -2.56. The van der Waals surface area contributed by atoms with Crippen LogP contribution >= 0.6 is 0 Å². The fraction of sp³-hybridized carbons (Fsp3) is 0.667. The molecule has 2 amide bonds. The Morgan fingerprint density at radius 3 is 2.68 bits per heavy atom. The van der Waals surface area contributed by atoms with Crippen LogP contribution in [0.4, 0.5) is 10.5 Å². The van der Waals surface area contributed by atoms with Gasteiger partial charge in [0.25, 0.3) is 0 Å². The molecule has 5 rings (SSSR count). The van der Waals surface area contributed by atoms with Crippen molar-refractivity contribution in [3.8, 4) is 11.8 Å². The minimum absolute atomic E-state index is 0.104. The van der Waals surface area contributed by atoms with Crippen LogP contribution in [0.2, 0.25) is 0 Å². The quantitative estimate of drug-likeness (QED) is 0.568. The van der Waals surface area contributed by atoms with Crippen LogP contribution in [0.25, 0.3) is 0 Å². The van der Waals surface area contributed by atoms with Crippen LogP contribution < -0.4 is 4.90 Å². The van der Waals surface area contributed by atoms with Crippen LogP contribution in [0.5, 0.6) is 0 Å². The second kappa shape index (κ2) is 11.0. The summed E-state index contributed by atoms with van der Waals surface area (Å²) in [6.45, 7) is 10.1. The van der Waals surface area contributed by atoms with E-state index in [9.17, 15) is 9.59 Å². The summed E-state index contributed by atoms with van der Waals surface area (Å²) in [6, 6.07) is 7.24. The van der Waals surface area contributed by atoms with Gasteiger partial charge in [-0.2, -0.15) is 0 Å². The highest BCUT2D eigenvalue weighted by Gasteiger charge is 2.47. The maximum atomic E-state index is 12.6. The van der Waals surface area contributed by atoms with E-state index in [1.165, 1.54) is 32.2 Å². The lowest BCUT2D eigenvalue weighted by atomic mass is 9.72. The number of nitrogens with zero attached hydrogens (tertiary/aromatic N) is 4. The van der Waals surface area contributed by atoms with E-state index in [1.807, 2.05) is 44.0 Å². The minimum atomic E-state index is -0.120. The predicted octanol–water partition coefficient (Wildman–Crippen LogP) is 3.88. The maximum absolute atomic E-state index is 12.6. The second-order valence-electron chi connectivity index (χ2n) is 11.6. The largest absolute Gasteiger partial charge is 0.448 e. The fourth-order valence-electron chi connectivity index (χ4n) is 6.70. The number of piperidine rings is 1. The number of hydrogen-bond donors (Lipinski definition) is 0. The number of hydrogen-bond acceptors (Lipinski definition) is 5. The van der Waals surface area contributed by atoms with Crippen LogP contribution in [0.15, 0.2) is 18.2 Å². The molecular formula is C30H42N4O3. The number of anilines is 1. The Morgan fingerprint density at radius 1 is 1.14 bits per heavy atom. The monoisotopic (exact) mass is 506 g/mol. The van der Waals surface area contributed by atoms with Gasteiger partial charge < -0.3 is 14.5 Å². The third-order valence-electron chi connectivity index (χ3n) is 9.13. The van der Waals surface area contributed by atoms with Crippen molar-refractivity contribution in [3.63, 3.8) is 0 Å². The number of fused-ring (bicyclic) bond motifs is 1. The van der Waals surface area contributed by atoms with Crippen LogP contribution in [-0.4, -0.2) is 91.7 Å². The van der Waals surface area contributed by atoms with Crippen molar-refractivity contribution in [2.45, 2.75) is 70.9 Å². The van der Waals surface area contributed by atoms with Crippen molar-refractivity contribution in [3.05, 3.63) is 29.3 Å². The van der Waals surface area contributed by atoms with Crippen molar-refractivity contribution >= 4 is 17.7 Å². The maximum Gasteiger partial charge on any atom is 0.409 e. The van der Waals surface area contributed by atoms with E-state index in [-0.39, 0.29) is 17.4 Å². The van der Waals surface area contributed by atoms with E-state index in [2.05, 4.69) is 21.6 Å². The molecule has 4 aliphatic heterocycles. The zero-order chi connectivity index (χ0) is 26.0. The molecule has 4 aliphatic rings. The summed E-state index contributed by atoms with van der Waals surface area (Å²) < 4.78 is 5.73. The zero-order valence-corrected chi connectivity index (χ0v) is 22.8.